The molecule has 0 bridgehead atoms. The highest BCUT2D eigenvalue weighted by molar-refractivity contribution is 7.99. The van der Waals surface area contributed by atoms with Crippen LogP contribution in [0.3, 0.4) is 0 Å². The average molecular weight is 429 g/mol. The van der Waals surface area contributed by atoms with Crippen molar-refractivity contribution in [1.82, 2.24) is 9.97 Å². The quantitative estimate of drug-likeness (QED) is 0.163. The lowest BCUT2D eigenvalue weighted by Crippen LogP contribution is -2.06. The highest BCUT2D eigenvalue weighted by Gasteiger charge is 2.17. The molecule has 0 amide bonds. The molecule has 1 heterocycles. The van der Waals surface area contributed by atoms with Crippen LogP contribution in [-0.4, -0.2) is 27.3 Å². The molecule has 0 N–H and O–H groups in total. The number of nitro benzene ring substituents is 1. The Morgan fingerprint density at radius 3 is 2.57 bits per heavy atom. The highest BCUT2D eigenvalue weighted by Crippen LogP contribution is 2.33. The smallest absolute Gasteiger partial charge is 0.387 e. The van der Waals surface area contributed by atoms with Gasteiger partial charge in [0.25, 0.3) is 5.69 Å². The number of allylic oxidation sites excluding steroid dienone is 1. The Kier molecular flexibility index (Phi) is 6.81. The lowest BCUT2D eigenvalue weighted by Gasteiger charge is -2.08. The number of ether oxygens (including phenoxy) is 1. The molecule has 0 aliphatic carbocycles. The number of hydrogen-bond donors (Lipinski definition) is 0. The zero-order valence-electron chi connectivity index (χ0n) is 15.1. The third-order valence-electron chi connectivity index (χ3n) is 3.72. The Labute approximate surface area is 173 Å². The van der Waals surface area contributed by atoms with Gasteiger partial charge in [0.1, 0.15) is 5.75 Å². The minimum atomic E-state index is -3.07. The van der Waals surface area contributed by atoms with Crippen molar-refractivity contribution in [3.05, 3.63) is 88.2 Å². The van der Waals surface area contributed by atoms with Crippen LogP contribution in [0.25, 0.3) is 6.08 Å². The Morgan fingerprint density at radius 1 is 1.13 bits per heavy atom. The summed E-state index contributed by atoms with van der Waals surface area (Å²) in [7, 11) is 0. The number of rotatable bonds is 8. The van der Waals surface area contributed by atoms with Crippen LogP contribution in [0.2, 0.25) is 0 Å². The van der Waals surface area contributed by atoms with Crippen molar-refractivity contribution in [2.24, 2.45) is 0 Å². The molecule has 2 aromatic carbocycles. The Hall–Kier alpha value is -3.66. The largest absolute Gasteiger partial charge is 0.434 e. The lowest BCUT2D eigenvalue weighted by atomic mass is 10.1. The monoisotopic (exact) mass is 429 g/mol. The fourth-order valence-electron chi connectivity index (χ4n) is 2.43. The van der Waals surface area contributed by atoms with E-state index in [4.69, 9.17) is 0 Å². The second-order valence-electron chi connectivity index (χ2n) is 5.69. The van der Waals surface area contributed by atoms with Crippen LogP contribution in [0, 0.1) is 10.1 Å². The number of alkyl halides is 2. The van der Waals surface area contributed by atoms with E-state index < -0.39 is 17.3 Å². The van der Waals surface area contributed by atoms with E-state index in [0.717, 1.165) is 17.8 Å². The fourth-order valence-corrected chi connectivity index (χ4v) is 3.23. The van der Waals surface area contributed by atoms with Crippen molar-refractivity contribution in [2.45, 2.75) is 16.7 Å². The summed E-state index contributed by atoms with van der Waals surface area (Å²) in [6, 6.07) is 11.6. The van der Waals surface area contributed by atoms with Crippen molar-refractivity contribution in [3.8, 4) is 5.75 Å². The molecule has 3 rings (SSSR count). The van der Waals surface area contributed by atoms with Gasteiger partial charge in [0, 0.05) is 18.5 Å². The lowest BCUT2D eigenvalue weighted by molar-refractivity contribution is -0.387. The van der Waals surface area contributed by atoms with Crippen molar-refractivity contribution in [2.75, 3.05) is 0 Å². The molecule has 0 fully saturated rings. The maximum absolute atomic E-state index is 12.5. The number of ketones is 1. The third-order valence-corrected chi connectivity index (χ3v) is 4.68. The Bertz CT molecular complexity index is 1090. The van der Waals surface area contributed by atoms with Crippen LogP contribution in [0.5, 0.6) is 5.75 Å². The van der Waals surface area contributed by atoms with Crippen LogP contribution < -0.4 is 4.74 Å². The van der Waals surface area contributed by atoms with Gasteiger partial charge < -0.3 is 4.74 Å². The molecule has 0 aliphatic rings. The molecule has 10 heteroatoms. The molecule has 0 saturated heterocycles. The predicted molar refractivity (Wildman–Crippen MR) is 106 cm³/mol. The highest BCUT2D eigenvalue weighted by atomic mass is 32.2. The number of nitrogens with zero attached hydrogens (tertiary/aromatic N) is 3. The minimum absolute atomic E-state index is 0.0445. The minimum Gasteiger partial charge on any atom is -0.434 e. The standard InChI is InChI=1S/C20H13F2N3O4S/c21-19(22)29-17-5-2-1-4-14(17)16(26)8-6-13-7-9-18(15(12-13)25(27)28)30-20-23-10-3-11-24-20/h1-12,19H/b8-6+. The molecule has 0 saturated carbocycles. The molecular weight excluding hydrogens is 416 g/mol. The normalized spacial score (nSPS) is 11.0. The van der Waals surface area contributed by atoms with E-state index in [0.29, 0.717) is 15.6 Å². The summed E-state index contributed by atoms with van der Waals surface area (Å²) in [5.74, 6) is -0.826. The molecule has 0 aliphatic heterocycles. The van der Waals surface area contributed by atoms with Crippen molar-refractivity contribution in [3.63, 3.8) is 0 Å². The van der Waals surface area contributed by atoms with E-state index in [-0.39, 0.29) is 17.0 Å². The molecule has 0 unspecified atom stereocenters. The van der Waals surface area contributed by atoms with Gasteiger partial charge in [0.15, 0.2) is 10.9 Å². The SMILES string of the molecule is O=C(/C=C/c1ccc(Sc2ncccn2)c([N+](=O)[O-])c1)c1ccccc1OC(F)F. The average Bonchev–Trinajstić information content (AvgIpc) is 2.73. The number of para-hydroxylation sites is 1. The molecule has 152 valence electrons. The zero-order valence-corrected chi connectivity index (χ0v) is 16.0. The number of carbonyl (C=O) groups is 1. The summed E-state index contributed by atoms with van der Waals surface area (Å²) < 4.78 is 29.4. The molecule has 0 atom stereocenters. The van der Waals surface area contributed by atoms with E-state index in [2.05, 4.69) is 14.7 Å². The first-order chi connectivity index (χ1) is 14.4. The summed E-state index contributed by atoms with van der Waals surface area (Å²) in [5, 5.41) is 11.8. The van der Waals surface area contributed by atoms with Crippen LogP contribution in [0.1, 0.15) is 15.9 Å². The number of aromatic nitrogens is 2. The maximum atomic E-state index is 12.5. The topological polar surface area (TPSA) is 95.2 Å². The first kappa shape index (κ1) is 21.1. The van der Waals surface area contributed by atoms with Gasteiger partial charge in [-0.15, -0.1) is 0 Å². The molecule has 1 aromatic heterocycles. The number of carbonyl (C=O) groups excluding carboxylic acids is 1. The summed E-state index contributed by atoms with van der Waals surface area (Å²) in [4.78, 5) is 31.7. The van der Waals surface area contributed by atoms with E-state index in [1.165, 1.54) is 54.9 Å². The number of halogens is 2. The predicted octanol–water partition coefficient (Wildman–Crippen LogP) is 5.03. The van der Waals surface area contributed by atoms with E-state index in [9.17, 15) is 23.7 Å². The Balaban J connectivity index is 1.83. The van der Waals surface area contributed by atoms with Crippen LogP contribution in [-0.2, 0) is 0 Å². The summed E-state index contributed by atoms with van der Waals surface area (Å²) >= 11 is 1.04. The van der Waals surface area contributed by atoms with Crippen molar-refractivity contribution < 1.29 is 23.2 Å². The van der Waals surface area contributed by atoms with Gasteiger partial charge in [-0.05, 0) is 47.7 Å². The zero-order chi connectivity index (χ0) is 21.5. The second kappa shape index (κ2) is 9.70. The maximum Gasteiger partial charge on any atom is 0.387 e. The number of hydrogen-bond acceptors (Lipinski definition) is 7. The number of nitro groups is 1. The molecular formula is C20H13F2N3O4S. The first-order valence-corrected chi connectivity index (χ1v) is 9.25. The number of benzene rings is 2. The van der Waals surface area contributed by atoms with Crippen molar-refractivity contribution >= 4 is 29.3 Å². The second-order valence-corrected chi connectivity index (χ2v) is 6.70. The molecule has 3 aromatic rings. The van der Waals surface area contributed by atoms with Gasteiger partial charge in [-0.1, -0.05) is 24.3 Å². The first-order valence-electron chi connectivity index (χ1n) is 8.43. The van der Waals surface area contributed by atoms with Crippen LogP contribution in [0.4, 0.5) is 14.5 Å². The van der Waals surface area contributed by atoms with E-state index in [1.807, 2.05) is 0 Å². The van der Waals surface area contributed by atoms with Gasteiger partial charge >= 0.3 is 6.61 Å². The van der Waals surface area contributed by atoms with Crippen LogP contribution >= 0.6 is 11.8 Å². The summed E-state index contributed by atoms with van der Waals surface area (Å²) in [6.45, 7) is -3.07. The fraction of sp³-hybridized carbons (Fsp3) is 0.0500. The van der Waals surface area contributed by atoms with Gasteiger partial charge in [0.2, 0.25) is 0 Å². The molecule has 7 nitrogen and oxygen atoms in total. The Morgan fingerprint density at radius 2 is 1.87 bits per heavy atom. The van der Waals surface area contributed by atoms with E-state index >= 15 is 0 Å². The van der Waals surface area contributed by atoms with E-state index in [1.54, 1.807) is 12.1 Å². The van der Waals surface area contributed by atoms with Gasteiger partial charge in [-0.2, -0.15) is 8.78 Å². The van der Waals surface area contributed by atoms with Gasteiger partial charge in [-0.3, -0.25) is 14.9 Å². The van der Waals surface area contributed by atoms with Gasteiger partial charge in [0.05, 0.1) is 15.4 Å². The molecule has 0 radical (unpaired) electrons. The van der Waals surface area contributed by atoms with Crippen LogP contribution in [0.15, 0.2) is 77.1 Å². The molecule has 0 spiro atoms. The summed E-state index contributed by atoms with van der Waals surface area (Å²) in [6.07, 6.45) is 5.56. The third kappa shape index (κ3) is 5.45. The summed E-state index contributed by atoms with van der Waals surface area (Å²) in [5.41, 5.74) is 0.168. The molecule has 30 heavy (non-hydrogen) atoms. The van der Waals surface area contributed by atoms with Crippen molar-refractivity contribution in [1.29, 1.82) is 0 Å². The van der Waals surface area contributed by atoms with Gasteiger partial charge in [-0.25, -0.2) is 9.97 Å².